The van der Waals surface area contributed by atoms with E-state index in [1.54, 1.807) is 17.2 Å². The van der Waals surface area contributed by atoms with E-state index >= 15 is 0 Å². The van der Waals surface area contributed by atoms with E-state index in [-0.39, 0.29) is 17.0 Å². The highest BCUT2D eigenvalue weighted by Gasteiger charge is 2.56. The standard InChI is InChI=1S/C24H26F3N3O2/c25-17-3-4-19(26)18(14-17)22(31)30-15-23(6-7-23)32-24(16-30)8-12-29(13-9-24)11-5-21-20(27)2-1-10-28-21/h1-4,10,14H,5-9,11-13,15-16H2. The van der Waals surface area contributed by atoms with Gasteiger partial charge in [-0.3, -0.25) is 9.78 Å². The molecule has 3 aliphatic rings. The van der Waals surface area contributed by atoms with Crippen LogP contribution in [0.1, 0.15) is 41.7 Å². The number of carbonyl (C=O) groups is 1. The van der Waals surface area contributed by atoms with Crippen LogP contribution >= 0.6 is 0 Å². The number of halogens is 3. The van der Waals surface area contributed by atoms with Gasteiger partial charge in [0.25, 0.3) is 5.91 Å². The number of hydrogen-bond acceptors (Lipinski definition) is 4. The Hall–Kier alpha value is -2.45. The molecule has 1 aromatic carbocycles. The first-order valence-corrected chi connectivity index (χ1v) is 11.1. The number of hydrogen-bond donors (Lipinski definition) is 0. The summed E-state index contributed by atoms with van der Waals surface area (Å²) in [6.45, 7) is 3.01. The predicted molar refractivity (Wildman–Crippen MR) is 112 cm³/mol. The van der Waals surface area contributed by atoms with E-state index in [2.05, 4.69) is 9.88 Å². The SMILES string of the molecule is O=C(c1cc(F)ccc1F)N1CC2(CCN(CCc3ncccc3F)CC2)OC2(CC2)C1. The van der Waals surface area contributed by atoms with Crippen molar-refractivity contribution in [1.82, 2.24) is 14.8 Å². The van der Waals surface area contributed by atoms with Crippen LogP contribution in [0, 0.1) is 17.5 Å². The Morgan fingerprint density at radius 3 is 2.41 bits per heavy atom. The fraction of sp³-hybridized carbons (Fsp3) is 0.500. The minimum Gasteiger partial charge on any atom is -0.365 e. The maximum Gasteiger partial charge on any atom is 0.257 e. The van der Waals surface area contributed by atoms with Crippen molar-refractivity contribution in [2.75, 3.05) is 32.7 Å². The van der Waals surface area contributed by atoms with Gasteiger partial charge in [0.15, 0.2) is 0 Å². The minimum atomic E-state index is -0.710. The molecule has 1 amide bonds. The summed E-state index contributed by atoms with van der Waals surface area (Å²) in [5.74, 6) is -2.11. The van der Waals surface area contributed by atoms with Gasteiger partial charge in [0.05, 0.1) is 35.5 Å². The minimum absolute atomic E-state index is 0.229. The smallest absolute Gasteiger partial charge is 0.257 e. The van der Waals surface area contributed by atoms with Crippen LogP contribution in [-0.4, -0.2) is 64.6 Å². The van der Waals surface area contributed by atoms with Crippen LogP contribution in [0.15, 0.2) is 36.5 Å². The van der Waals surface area contributed by atoms with Gasteiger partial charge < -0.3 is 14.5 Å². The van der Waals surface area contributed by atoms with Crippen molar-refractivity contribution in [2.45, 2.75) is 43.3 Å². The van der Waals surface area contributed by atoms with Gasteiger partial charge in [0, 0.05) is 32.3 Å². The average Bonchev–Trinajstić information content (AvgIpc) is 3.52. The van der Waals surface area contributed by atoms with Gasteiger partial charge in [-0.15, -0.1) is 0 Å². The molecule has 8 heteroatoms. The van der Waals surface area contributed by atoms with Gasteiger partial charge in [0.2, 0.25) is 0 Å². The number of carbonyl (C=O) groups excluding carboxylic acids is 1. The van der Waals surface area contributed by atoms with Crippen LogP contribution in [0.4, 0.5) is 13.2 Å². The summed E-state index contributed by atoms with van der Waals surface area (Å²) in [7, 11) is 0. The Balaban J connectivity index is 1.25. The zero-order valence-electron chi connectivity index (χ0n) is 17.8. The zero-order valence-corrected chi connectivity index (χ0v) is 17.8. The molecule has 5 nitrogen and oxygen atoms in total. The van der Waals surface area contributed by atoms with Crippen molar-refractivity contribution in [3.05, 3.63) is 65.2 Å². The summed E-state index contributed by atoms with van der Waals surface area (Å²) >= 11 is 0. The van der Waals surface area contributed by atoms with Crippen molar-refractivity contribution in [3.8, 4) is 0 Å². The van der Waals surface area contributed by atoms with Crippen molar-refractivity contribution in [2.24, 2.45) is 0 Å². The van der Waals surface area contributed by atoms with E-state index in [0.717, 1.165) is 57.0 Å². The maximum atomic E-state index is 14.2. The molecule has 1 aliphatic carbocycles. The molecule has 2 aromatic rings. The van der Waals surface area contributed by atoms with E-state index in [4.69, 9.17) is 4.74 Å². The molecule has 2 aliphatic heterocycles. The molecule has 5 rings (SSSR count). The van der Waals surface area contributed by atoms with Crippen molar-refractivity contribution < 1.29 is 22.7 Å². The van der Waals surface area contributed by atoms with Crippen molar-refractivity contribution in [3.63, 3.8) is 0 Å². The second-order valence-corrected chi connectivity index (χ2v) is 9.28. The largest absolute Gasteiger partial charge is 0.365 e. The van der Waals surface area contributed by atoms with Gasteiger partial charge in [-0.1, -0.05) is 0 Å². The second kappa shape index (κ2) is 8.15. The van der Waals surface area contributed by atoms with Crippen LogP contribution in [0.25, 0.3) is 0 Å². The Kier molecular flexibility index (Phi) is 5.45. The third-order valence-electron chi connectivity index (χ3n) is 6.91. The lowest BCUT2D eigenvalue weighted by atomic mass is 9.87. The molecular formula is C24H26F3N3O2. The molecule has 1 aromatic heterocycles. The number of piperidine rings is 1. The molecule has 2 spiro atoms. The quantitative estimate of drug-likeness (QED) is 0.722. The summed E-state index contributed by atoms with van der Waals surface area (Å²) in [4.78, 5) is 21.1. The number of ether oxygens (including phenoxy) is 1. The molecule has 0 unspecified atom stereocenters. The van der Waals surface area contributed by atoms with Gasteiger partial charge >= 0.3 is 0 Å². The monoisotopic (exact) mass is 445 g/mol. The summed E-state index contributed by atoms with van der Waals surface area (Å²) < 4.78 is 48.3. The Morgan fingerprint density at radius 2 is 1.72 bits per heavy atom. The molecule has 3 fully saturated rings. The van der Waals surface area contributed by atoms with Crippen LogP contribution < -0.4 is 0 Å². The van der Waals surface area contributed by atoms with Crippen LogP contribution in [0.3, 0.4) is 0 Å². The highest BCUT2D eigenvalue weighted by molar-refractivity contribution is 5.94. The van der Waals surface area contributed by atoms with Crippen molar-refractivity contribution in [1.29, 1.82) is 0 Å². The molecule has 1 saturated carbocycles. The van der Waals surface area contributed by atoms with Gasteiger partial charge in [0.1, 0.15) is 17.5 Å². The van der Waals surface area contributed by atoms with E-state index in [0.29, 0.717) is 31.7 Å². The van der Waals surface area contributed by atoms with Gasteiger partial charge in [-0.25, -0.2) is 13.2 Å². The highest BCUT2D eigenvalue weighted by Crippen LogP contribution is 2.49. The molecule has 0 atom stereocenters. The first kappa shape index (κ1) is 21.4. The molecule has 170 valence electrons. The molecule has 3 heterocycles. The Bertz CT molecular complexity index is 1020. The lowest BCUT2D eigenvalue weighted by molar-refractivity contribution is -0.179. The highest BCUT2D eigenvalue weighted by atomic mass is 19.1. The summed E-state index contributed by atoms with van der Waals surface area (Å²) in [6.07, 6.45) is 5.33. The van der Waals surface area contributed by atoms with E-state index in [9.17, 15) is 18.0 Å². The fourth-order valence-electron chi connectivity index (χ4n) is 4.96. The lowest BCUT2D eigenvalue weighted by Gasteiger charge is -2.50. The van der Waals surface area contributed by atoms with Gasteiger partial charge in [-0.2, -0.15) is 0 Å². The number of likely N-dealkylation sites (tertiary alicyclic amines) is 1. The number of aromatic nitrogens is 1. The number of amides is 1. The first-order chi connectivity index (χ1) is 15.4. The Morgan fingerprint density at radius 1 is 1.00 bits per heavy atom. The number of benzene rings is 1. The lowest BCUT2D eigenvalue weighted by Crippen LogP contribution is -2.61. The fourth-order valence-corrected chi connectivity index (χ4v) is 4.96. The third kappa shape index (κ3) is 4.26. The molecular weight excluding hydrogens is 419 g/mol. The first-order valence-electron chi connectivity index (χ1n) is 11.1. The third-order valence-corrected chi connectivity index (χ3v) is 6.91. The van der Waals surface area contributed by atoms with Crippen LogP contribution in [0.5, 0.6) is 0 Å². The van der Waals surface area contributed by atoms with E-state index in [1.807, 2.05) is 0 Å². The summed E-state index contributed by atoms with van der Waals surface area (Å²) in [5, 5.41) is 0. The molecule has 32 heavy (non-hydrogen) atoms. The van der Waals surface area contributed by atoms with Crippen LogP contribution in [-0.2, 0) is 11.2 Å². The summed E-state index contributed by atoms with van der Waals surface area (Å²) in [6, 6.07) is 5.99. The van der Waals surface area contributed by atoms with Crippen LogP contribution in [0.2, 0.25) is 0 Å². The number of nitrogens with zero attached hydrogens (tertiary/aromatic N) is 3. The van der Waals surface area contributed by atoms with E-state index in [1.165, 1.54) is 6.07 Å². The van der Waals surface area contributed by atoms with Gasteiger partial charge in [-0.05, 0) is 56.0 Å². The number of pyridine rings is 1. The van der Waals surface area contributed by atoms with E-state index < -0.39 is 23.1 Å². The molecule has 2 saturated heterocycles. The summed E-state index contributed by atoms with van der Waals surface area (Å²) in [5.41, 5.74) is -0.613. The topological polar surface area (TPSA) is 45.7 Å². The molecule has 0 bridgehead atoms. The number of morpholine rings is 1. The Labute approximate surface area is 185 Å². The average molecular weight is 445 g/mol. The second-order valence-electron chi connectivity index (χ2n) is 9.28. The predicted octanol–water partition coefficient (Wildman–Crippen LogP) is 3.58. The maximum absolute atomic E-state index is 14.2. The normalized spacial score (nSPS) is 21.8. The number of rotatable bonds is 4. The molecule has 0 N–H and O–H groups in total. The van der Waals surface area contributed by atoms with Crippen molar-refractivity contribution >= 4 is 5.91 Å². The molecule has 0 radical (unpaired) electrons. The zero-order chi connectivity index (χ0) is 22.3.